The average molecular weight is 204 g/mol. The molecular weight excluding hydrogens is 168 g/mol. The molecule has 0 nitrogen and oxygen atoms in total. The zero-order valence-corrected chi connectivity index (χ0v) is 12.4. The molecule has 0 heteroatoms. The number of hydrogen-bond donors (Lipinski definition) is 0. The first kappa shape index (κ1) is 23.7. The Kier molecular flexibility index (Phi) is 64.6. The van der Waals surface area contributed by atoms with Gasteiger partial charge in [0.2, 0.25) is 0 Å². The van der Waals surface area contributed by atoms with Crippen molar-refractivity contribution in [2.24, 2.45) is 5.92 Å². The third kappa shape index (κ3) is 58.1. The van der Waals surface area contributed by atoms with Crippen LogP contribution in [0.15, 0.2) is 0 Å². The Morgan fingerprint density at radius 1 is 0.714 bits per heavy atom. The fourth-order valence-electron chi connectivity index (χ4n) is 0.803. The molecule has 0 aliphatic rings. The van der Waals surface area contributed by atoms with Crippen LogP contribution in [0.5, 0.6) is 0 Å². The fourth-order valence-corrected chi connectivity index (χ4v) is 0.803. The Hall–Kier alpha value is 0. The van der Waals surface area contributed by atoms with Crippen LogP contribution in [0.2, 0.25) is 0 Å². The van der Waals surface area contributed by atoms with Gasteiger partial charge in [-0.25, -0.2) is 0 Å². The van der Waals surface area contributed by atoms with Gasteiger partial charge in [0.25, 0.3) is 0 Å². The normalized spacial score (nSPS) is 7.29. The van der Waals surface area contributed by atoms with E-state index in [0.717, 1.165) is 5.92 Å². The zero-order valence-electron chi connectivity index (χ0n) is 12.4. The summed E-state index contributed by atoms with van der Waals surface area (Å²) in [6.07, 6.45) is 5.60. The molecule has 0 aromatic rings. The lowest BCUT2D eigenvalue weighted by molar-refractivity contribution is 0.534. The minimum absolute atomic E-state index is 0.904. The molecular formula is C14H36. The first-order valence-electron chi connectivity index (χ1n) is 6.77. The Bertz CT molecular complexity index is 37.3. The highest BCUT2D eigenvalue weighted by Crippen LogP contribution is 2.06. The molecule has 0 aromatic heterocycles. The molecule has 0 spiro atoms. The summed E-state index contributed by atoms with van der Waals surface area (Å²) in [6, 6.07) is 0. The van der Waals surface area contributed by atoms with E-state index in [4.69, 9.17) is 0 Å². The molecule has 0 N–H and O–H groups in total. The summed E-state index contributed by atoms with van der Waals surface area (Å²) in [4.78, 5) is 0. The number of hydrogen-bond acceptors (Lipinski definition) is 0. The van der Waals surface area contributed by atoms with Crippen LogP contribution in [-0.4, -0.2) is 0 Å². The van der Waals surface area contributed by atoms with Gasteiger partial charge in [-0.15, -0.1) is 0 Å². The van der Waals surface area contributed by atoms with Crippen LogP contribution >= 0.6 is 0 Å². The van der Waals surface area contributed by atoms with E-state index in [0.29, 0.717) is 0 Å². The smallest absolute Gasteiger partial charge is 0.0471 e. The molecule has 0 rings (SSSR count). The van der Waals surface area contributed by atoms with E-state index in [-0.39, 0.29) is 0 Å². The monoisotopic (exact) mass is 204 g/mol. The first-order valence-corrected chi connectivity index (χ1v) is 6.77. The van der Waals surface area contributed by atoms with Gasteiger partial charge in [-0.2, -0.15) is 0 Å². The van der Waals surface area contributed by atoms with E-state index in [1.165, 1.54) is 25.7 Å². The molecule has 0 amide bonds. The van der Waals surface area contributed by atoms with Gasteiger partial charge in [0.15, 0.2) is 0 Å². The Morgan fingerprint density at radius 3 is 1.29 bits per heavy atom. The van der Waals surface area contributed by atoms with Crippen molar-refractivity contribution in [3.63, 3.8) is 0 Å². The SMILES string of the molecule is CC.CC.CC.CCCCCC(C)C. The van der Waals surface area contributed by atoms with E-state index >= 15 is 0 Å². The molecule has 0 aliphatic heterocycles. The molecule has 0 bridgehead atoms. The van der Waals surface area contributed by atoms with Crippen LogP contribution in [0.25, 0.3) is 0 Å². The minimum atomic E-state index is 0.904. The van der Waals surface area contributed by atoms with Crippen LogP contribution in [0.1, 0.15) is 88.0 Å². The maximum Gasteiger partial charge on any atom is -0.0471 e. The highest BCUT2D eigenvalue weighted by Gasteiger charge is 1.90. The fraction of sp³-hybridized carbons (Fsp3) is 1.00. The predicted molar refractivity (Wildman–Crippen MR) is 73.0 cm³/mol. The summed E-state index contributed by atoms with van der Waals surface area (Å²) >= 11 is 0. The summed E-state index contributed by atoms with van der Waals surface area (Å²) < 4.78 is 0. The van der Waals surface area contributed by atoms with Gasteiger partial charge in [-0.3, -0.25) is 0 Å². The van der Waals surface area contributed by atoms with Crippen LogP contribution in [0.3, 0.4) is 0 Å². The predicted octanol–water partition coefficient (Wildman–Crippen LogP) is 6.30. The van der Waals surface area contributed by atoms with E-state index in [2.05, 4.69) is 20.8 Å². The third-order valence-corrected chi connectivity index (χ3v) is 1.39. The minimum Gasteiger partial charge on any atom is -0.0683 e. The van der Waals surface area contributed by atoms with Crippen molar-refractivity contribution < 1.29 is 0 Å². The van der Waals surface area contributed by atoms with Crippen molar-refractivity contribution in [3.8, 4) is 0 Å². The Labute approximate surface area is 94.5 Å². The molecule has 0 aliphatic carbocycles. The molecule has 0 saturated carbocycles. The van der Waals surface area contributed by atoms with Crippen molar-refractivity contribution in [3.05, 3.63) is 0 Å². The Morgan fingerprint density at radius 2 is 1.07 bits per heavy atom. The highest BCUT2D eigenvalue weighted by atomic mass is 14.0. The van der Waals surface area contributed by atoms with Gasteiger partial charge >= 0.3 is 0 Å². The lowest BCUT2D eigenvalue weighted by Crippen LogP contribution is -1.85. The maximum absolute atomic E-state index is 2.29. The topological polar surface area (TPSA) is 0 Å². The van der Waals surface area contributed by atoms with Gasteiger partial charge in [0, 0.05) is 0 Å². The Balaban J connectivity index is -0.0000000708. The summed E-state index contributed by atoms with van der Waals surface area (Å²) in [5, 5.41) is 0. The van der Waals surface area contributed by atoms with Gasteiger partial charge in [0.1, 0.15) is 0 Å². The summed E-state index contributed by atoms with van der Waals surface area (Å²) in [7, 11) is 0. The van der Waals surface area contributed by atoms with Gasteiger partial charge in [-0.1, -0.05) is 88.0 Å². The molecule has 0 saturated heterocycles. The zero-order chi connectivity index (χ0) is 12.4. The molecule has 0 unspecified atom stereocenters. The van der Waals surface area contributed by atoms with Crippen LogP contribution < -0.4 is 0 Å². The van der Waals surface area contributed by atoms with Crippen LogP contribution in [-0.2, 0) is 0 Å². The third-order valence-electron chi connectivity index (χ3n) is 1.39. The molecule has 92 valence electrons. The second-order valence-electron chi connectivity index (χ2n) is 2.89. The van der Waals surface area contributed by atoms with E-state index in [1.807, 2.05) is 41.5 Å². The van der Waals surface area contributed by atoms with Gasteiger partial charge in [0.05, 0.1) is 0 Å². The summed E-state index contributed by atoms with van der Waals surface area (Å²) in [6.45, 7) is 18.8. The first-order chi connectivity index (χ1) is 6.77. The molecule has 14 heavy (non-hydrogen) atoms. The lowest BCUT2D eigenvalue weighted by atomic mass is 10.1. The van der Waals surface area contributed by atoms with Crippen molar-refractivity contribution in [2.75, 3.05) is 0 Å². The quantitative estimate of drug-likeness (QED) is 0.471. The van der Waals surface area contributed by atoms with Crippen molar-refractivity contribution >= 4 is 0 Å². The van der Waals surface area contributed by atoms with Crippen molar-refractivity contribution in [1.29, 1.82) is 0 Å². The highest BCUT2D eigenvalue weighted by molar-refractivity contribution is 4.44. The lowest BCUT2D eigenvalue weighted by Gasteiger charge is -2.00. The molecule has 0 fully saturated rings. The summed E-state index contributed by atoms with van der Waals surface area (Å²) in [5.41, 5.74) is 0. The maximum atomic E-state index is 2.29. The molecule has 0 radical (unpaired) electrons. The van der Waals surface area contributed by atoms with E-state index < -0.39 is 0 Å². The second-order valence-corrected chi connectivity index (χ2v) is 2.89. The standard InChI is InChI=1S/C8H18.3C2H6/c1-4-5-6-7-8(2)3;3*1-2/h8H,4-7H2,1-3H3;3*1-2H3. The number of unbranched alkanes of at least 4 members (excludes halogenated alkanes) is 2. The average Bonchev–Trinajstić information content (AvgIpc) is 2.27. The van der Waals surface area contributed by atoms with Gasteiger partial charge in [-0.05, 0) is 5.92 Å². The van der Waals surface area contributed by atoms with Crippen molar-refractivity contribution in [2.45, 2.75) is 88.0 Å². The molecule has 0 atom stereocenters. The largest absolute Gasteiger partial charge is 0.0683 e. The van der Waals surface area contributed by atoms with Crippen LogP contribution in [0, 0.1) is 5.92 Å². The second kappa shape index (κ2) is 38.2. The van der Waals surface area contributed by atoms with E-state index in [9.17, 15) is 0 Å². The summed E-state index contributed by atoms with van der Waals surface area (Å²) in [5.74, 6) is 0.904. The van der Waals surface area contributed by atoms with Crippen LogP contribution in [0.4, 0.5) is 0 Å². The molecule has 0 aromatic carbocycles. The van der Waals surface area contributed by atoms with Crippen molar-refractivity contribution in [1.82, 2.24) is 0 Å². The number of rotatable bonds is 4. The van der Waals surface area contributed by atoms with Gasteiger partial charge < -0.3 is 0 Å². The van der Waals surface area contributed by atoms with E-state index in [1.54, 1.807) is 0 Å². The molecule has 0 heterocycles.